The van der Waals surface area contributed by atoms with Gasteiger partial charge in [0.1, 0.15) is 11.6 Å². The van der Waals surface area contributed by atoms with Crippen molar-refractivity contribution < 1.29 is 4.79 Å². The van der Waals surface area contributed by atoms with Crippen LogP contribution < -0.4 is 0 Å². The Hall–Kier alpha value is -2.20. The molecule has 0 bridgehead atoms. The molecular weight excluding hydrogens is 166 g/mol. The van der Waals surface area contributed by atoms with E-state index in [-0.39, 0.29) is 17.0 Å². The fourth-order valence-electron chi connectivity index (χ4n) is 0.932. The zero-order chi connectivity index (χ0) is 9.84. The molecule has 0 aromatic heterocycles. The second kappa shape index (κ2) is 3.46. The highest BCUT2D eigenvalue weighted by Crippen LogP contribution is 2.19. The third kappa shape index (κ3) is 1.69. The number of Topliss-reactive ketones (excluding diaryl/α,β-unsaturated/α-hetero) is 1. The summed E-state index contributed by atoms with van der Waals surface area (Å²) in [4.78, 5) is 13.8. The predicted octanol–water partition coefficient (Wildman–Crippen LogP) is 2.25. The molecule has 0 atom stereocenters. The molecule has 0 aliphatic rings. The average Bonchev–Trinajstić information content (AvgIpc) is 2.16. The van der Waals surface area contributed by atoms with Crippen LogP contribution in [0.2, 0.25) is 0 Å². The van der Waals surface area contributed by atoms with Crippen LogP contribution in [-0.4, -0.2) is 5.78 Å². The Morgan fingerprint density at radius 2 is 2.23 bits per heavy atom. The Morgan fingerprint density at radius 1 is 1.54 bits per heavy atom. The second-order valence-corrected chi connectivity index (χ2v) is 2.50. The number of nitrogens with zero attached hydrogens (tertiary/aromatic N) is 3. The van der Waals surface area contributed by atoms with Gasteiger partial charge in [-0.25, -0.2) is 0 Å². The molecule has 0 N–H and O–H groups in total. The van der Waals surface area contributed by atoms with Crippen LogP contribution in [0.15, 0.2) is 18.2 Å². The molecule has 0 aliphatic heterocycles. The number of rotatable bonds is 1. The Morgan fingerprint density at radius 3 is 2.69 bits per heavy atom. The Bertz CT molecular complexity index is 437. The Labute approximate surface area is 75.0 Å². The fourth-order valence-corrected chi connectivity index (χ4v) is 0.932. The van der Waals surface area contributed by atoms with Crippen LogP contribution in [0.5, 0.6) is 0 Å². The van der Waals surface area contributed by atoms with Crippen LogP contribution in [0, 0.1) is 16.7 Å². The molecule has 4 heteroatoms. The number of carbonyl (C=O) groups excluding carboxylic acids is 1. The average molecular weight is 172 g/mol. The van der Waals surface area contributed by atoms with E-state index in [1.807, 2.05) is 6.07 Å². The standard InChI is InChI=1S/C9H6N3O/c1-6(13)7-2-3-9(12-11)8(4-7)5-10/h2-4H,1H3/q+1. The highest BCUT2D eigenvalue weighted by atomic mass is 16.1. The van der Waals surface area contributed by atoms with E-state index in [1.54, 1.807) is 0 Å². The van der Waals surface area contributed by atoms with Crippen LogP contribution in [-0.2, 0) is 0 Å². The molecule has 0 radical (unpaired) electrons. The van der Waals surface area contributed by atoms with Crippen molar-refractivity contribution in [2.24, 2.45) is 0 Å². The largest absolute Gasteiger partial charge is 0.402 e. The molecule has 1 aromatic carbocycles. The minimum absolute atomic E-state index is 0.124. The van der Waals surface area contributed by atoms with Crippen LogP contribution in [0.1, 0.15) is 22.8 Å². The lowest BCUT2D eigenvalue weighted by molar-refractivity contribution is 0.101. The lowest BCUT2D eigenvalue weighted by Crippen LogP contribution is -1.91. The van der Waals surface area contributed by atoms with Gasteiger partial charge in [-0.3, -0.25) is 4.79 Å². The minimum atomic E-state index is -0.124. The predicted molar refractivity (Wildman–Crippen MR) is 45.9 cm³/mol. The van der Waals surface area contributed by atoms with Gasteiger partial charge in [0.15, 0.2) is 10.8 Å². The van der Waals surface area contributed by atoms with Crippen molar-refractivity contribution >= 4 is 11.5 Å². The van der Waals surface area contributed by atoms with Crippen molar-refractivity contribution in [3.63, 3.8) is 0 Å². The molecule has 0 fully saturated rings. The SMILES string of the molecule is CC(=O)c1ccc([N+]#N)c(C#N)c1. The summed E-state index contributed by atoms with van der Waals surface area (Å²) in [5.74, 6) is -0.124. The van der Waals surface area contributed by atoms with Crippen molar-refractivity contribution in [1.29, 1.82) is 10.7 Å². The summed E-state index contributed by atoms with van der Waals surface area (Å²) in [5.41, 5.74) is 0.798. The first-order chi connectivity index (χ1) is 6.19. The molecular formula is C9H6N3O+. The van der Waals surface area contributed by atoms with Crippen LogP contribution in [0.4, 0.5) is 5.69 Å². The topological polar surface area (TPSA) is 69.0 Å². The maximum Gasteiger partial charge on any atom is 0.402 e. The fraction of sp³-hybridized carbons (Fsp3) is 0.111. The number of ketones is 1. The third-order valence-electron chi connectivity index (χ3n) is 1.63. The lowest BCUT2D eigenvalue weighted by atomic mass is 10.1. The molecule has 0 saturated heterocycles. The smallest absolute Gasteiger partial charge is 0.295 e. The lowest BCUT2D eigenvalue weighted by Gasteiger charge is -1.91. The number of benzene rings is 1. The number of diazo groups is 1. The number of carbonyl (C=O) groups is 1. The first-order valence-electron chi connectivity index (χ1n) is 3.59. The van der Waals surface area contributed by atoms with Crippen LogP contribution in [0.25, 0.3) is 4.98 Å². The molecule has 0 saturated carbocycles. The van der Waals surface area contributed by atoms with Crippen molar-refractivity contribution in [1.82, 2.24) is 0 Å². The van der Waals surface area contributed by atoms with Gasteiger partial charge in [0.05, 0.1) is 0 Å². The number of hydrogen-bond acceptors (Lipinski definition) is 3. The summed E-state index contributed by atoms with van der Waals surface area (Å²) in [5, 5.41) is 17.1. The molecule has 0 amide bonds. The highest BCUT2D eigenvalue weighted by molar-refractivity contribution is 5.95. The van der Waals surface area contributed by atoms with Crippen LogP contribution in [0.3, 0.4) is 0 Å². The van der Waals surface area contributed by atoms with Crippen molar-refractivity contribution in [2.75, 3.05) is 0 Å². The van der Waals surface area contributed by atoms with Gasteiger partial charge in [0, 0.05) is 11.6 Å². The monoisotopic (exact) mass is 172 g/mol. The van der Waals surface area contributed by atoms with Crippen molar-refractivity contribution in [2.45, 2.75) is 6.92 Å². The van der Waals surface area contributed by atoms with E-state index in [0.29, 0.717) is 5.56 Å². The molecule has 1 rings (SSSR count). The van der Waals surface area contributed by atoms with E-state index >= 15 is 0 Å². The van der Waals surface area contributed by atoms with E-state index in [2.05, 4.69) is 4.98 Å². The van der Waals surface area contributed by atoms with E-state index in [0.717, 1.165) is 0 Å². The molecule has 62 valence electrons. The van der Waals surface area contributed by atoms with Crippen molar-refractivity contribution in [3.8, 4) is 6.07 Å². The highest BCUT2D eigenvalue weighted by Gasteiger charge is 2.14. The summed E-state index contributed by atoms with van der Waals surface area (Å²) in [6.07, 6.45) is 0. The van der Waals surface area contributed by atoms with Gasteiger partial charge in [-0.15, -0.1) is 0 Å². The summed E-state index contributed by atoms with van der Waals surface area (Å²) >= 11 is 0. The summed E-state index contributed by atoms with van der Waals surface area (Å²) in [6.45, 7) is 1.41. The van der Waals surface area contributed by atoms with Gasteiger partial charge < -0.3 is 0 Å². The zero-order valence-electron chi connectivity index (χ0n) is 6.98. The molecule has 0 aliphatic carbocycles. The van der Waals surface area contributed by atoms with Gasteiger partial charge in [-0.05, 0) is 19.1 Å². The quantitative estimate of drug-likeness (QED) is 0.481. The first-order valence-corrected chi connectivity index (χ1v) is 3.59. The van der Waals surface area contributed by atoms with Gasteiger partial charge in [-0.2, -0.15) is 5.26 Å². The maximum atomic E-state index is 10.9. The van der Waals surface area contributed by atoms with Gasteiger partial charge in [0.25, 0.3) is 0 Å². The number of hydrogen-bond donors (Lipinski definition) is 0. The second-order valence-electron chi connectivity index (χ2n) is 2.50. The Balaban J connectivity index is 3.33. The molecule has 0 spiro atoms. The zero-order valence-corrected chi connectivity index (χ0v) is 6.98. The molecule has 1 aromatic rings. The van der Waals surface area contributed by atoms with Gasteiger partial charge >= 0.3 is 5.69 Å². The van der Waals surface area contributed by atoms with E-state index in [9.17, 15) is 4.79 Å². The van der Waals surface area contributed by atoms with Crippen molar-refractivity contribution in [3.05, 3.63) is 34.3 Å². The van der Waals surface area contributed by atoms with Gasteiger partial charge in [-0.1, -0.05) is 0 Å². The summed E-state index contributed by atoms with van der Waals surface area (Å²) < 4.78 is 0. The molecule has 13 heavy (non-hydrogen) atoms. The van der Waals surface area contributed by atoms with E-state index < -0.39 is 0 Å². The molecule has 0 unspecified atom stereocenters. The van der Waals surface area contributed by atoms with E-state index in [1.165, 1.54) is 25.1 Å². The van der Waals surface area contributed by atoms with Crippen LogP contribution >= 0.6 is 0 Å². The van der Waals surface area contributed by atoms with Gasteiger partial charge in [0.2, 0.25) is 5.39 Å². The Kier molecular flexibility index (Phi) is 2.37. The molecule has 0 heterocycles. The summed E-state index contributed by atoms with van der Waals surface area (Å²) in [6, 6.07) is 6.17. The molecule has 4 nitrogen and oxygen atoms in total. The maximum absolute atomic E-state index is 10.9. The number of nitriles is 1. The normalized spacial score (nSPS) is 8.54. The first kappa shape index (κ1) is 8.89. The third-order valence-corrected chi connectivity index (χ3v) is 1.63. The van der Waals surface area contributed by atoms with E-state index in [4.69, 9.17) is 10.7 Å². The minimum Gasteiger partial charge on any atom is -0.295 e. The summed E-state index contributed by atoms with van der Waals surface area (Å²) in [7, 11) is 0.